The van der Waals surface area contributed by atoms with Crippen molar-refractivity contribution in [1.82, 2.24) is 9.78 Å². The predicted molar refractivity (Wildman–Crippen MR) is 69.4 cm³/mol. The molecule has 10 heteroatoms. The SMILES string of the molecule is O=C(CCn1cc(Br)cn1)Nc1c(F)c(F)c(F)c(F)c1F. The van der Waals surface area contributed by atoms with Crippen LogP contribution in [-0.2, 0) is 11.3 Å². The van der Waals surface area contributed by atoms with Crippen LogP contribution in [0, 0.1) is 29.1 Å². The Balaban J connectivity index is 2.12. The zero-order chi connectivity index (χ0) is 16.4. The van der Waals surface area contributed by atoms with E-state index in [0.717, 1.165) is 0 Å². The van der Waals surface area contributed by atoms with E-state index in [-0.39, 0.29) is 13.0 Å². The zero-order valence-electron chi connectivity index (χ0n) is 10.6. The number of aryl methyl sites for hydroxylation is 1. The molecular formula is C12H7BrF5N3O. The van der Waals surface area contributed by atoms with Crippen LogP contribution < -0.4 is 5.32 Å². The summed E-state index contributed by atoms with van der Waals surface area (Å²) >= 11 is 3.13. The van der Waals surface area contributed by atoms with Crippen molar-refractivity contribution >= 4 is 27.5 Å². The second kappa shape index (κ2) is 6.42. The Morgan fingerprint density at radius 1 is 1.09 bits per heavy atom. The smallest absolute Gasteiger partial charge is 0.226 e. The third-order valence-electron chi connectivity index (χ3n) is 2.64. The minimum absolute atomic E-state index is 0.0623. The van der Waals surface area contributed by atoms with Gasteiger partial charge in [-0.25, -0.2) is 22.0 Å². The summed E-state index contributed by atoms with van der Waals surface area (Å²) in [4.78, 5) is 11.6. The molecule has 1 aromatic carbocycles. The van der Waals surface area contributed by atoms with Crippen molar-refractivity contribution in [3.8, 4) is 0 Å². The summed E-state index contributed by atoms with van der Waals surface area (Å²) in [6.45, 7) is 0.0623. The standard InChI is InChI=1S/C12H7BrF5N3O/c13-5-3-19-21(4-5)2-1-6(22)20-12-10(17)8(15)7(14)9(16)11(12)18/h3-4H,1-2H2,(H,20,22). The normalized spacial score (nSPS) is 10.8. The molecule has 4 nitrogen and oxygen atoms in total. The molecule has 1 N–H and O–H groups in total. The average Bonchev–Trinajstić information content (AvgIpc) is 2.91. The summed E-state index contributed by atoms with van der Waals surface area (Å²) in [5.74, 6) is -11.6. The van der Waals surface area contributed by atoms with Gasteiger partial charge in [0.15, 0.2) is 23.3 Å². The van der Waals surface area contributed by atoms with Crippen LogP contribution in [0.4, 0.5) is 27.6 Å². The molecule has 2 rings (SSSR count). The highest BCUT2D eigenvalue weighted by Crippen LogP contribution is 2.27. The van der Waals surface area contributed by atoms with Gasteiger partial charge in [0.1, 0.15) is 5.69 Å². The van der Waals surface area contributed by atoms with Crippen LogP contribution in [0.25, 0.3) is 0 Å². The first kappa shape index (κ1) is 16.4. The van der Waals surface area contributed by atoms with Gasteiger partial charge in [-0.1, -0.05) is 0 Å². The van der Waals surface area contributed by atoms with Gasteiger partial charge in [-0.15, -0.1) is 0 Å². The summed E-state index contributed by atoms with van der Waals surface area (Å²) in [6, 6.07) is 0. The van der Waals surface area contributed by atoms with E-state index in [1.54, 1.807) is 11.5 Å². The molecule has 1 aromatic heterocycles. The van der Waals surface area contributed by atoms with Gasteiger partial charge in [0.25, 0.3) is 0 Å². The van der Waals surface area contributed by atoms with E-state index < -0.39 is 40.7 Å². The Kier molecular flexibility index (Phi) is 4.79. The maximum Gasteiger partial charge on any atom is 0.226 e. The summed E-state index contributed by atoms with van der Waals surface area (Å²) in [5, 5.41) is 5.52. The number of amides is 1. The van der Waals surface area contributed by atoms with Gasteiger partial charge in [0.05, 0.1) is 10.7 Å². The number of carbonyl (C=O) groups is 1. The Bertz CT molecular complexity index is 705. The first-order valence-electron chi connectivity index (χ1n) is 5.80. The lowest BCUT2D eigenvalue weighted by molar-refractivity contribution is -0.116. The highest BCUT2D eigenvalue weighted by atomic mass is 79.9. The van der Waals surface area contributed by atoms with Gasteiger partial charge < -0.3 is 5.32 Å². The van der Waals surface area contributed by atoms with Crippen LogP contribution in [-0.4, -0.2) is 15.7 Å². The quantitative estimate of drug-likeness (QED) is 0.499. The van der Waals surface area contributed by atoms with E-state index in [1.165, 1.54) is 10.9 Å². The topological polar surface area (TPSA) is 46.9 Å². The second-order valence-electron chi connectivity index (χ2n) is 4.16. The molecule has 0 spiro atoms. The number of nitrogens with zero attached hydrogens (tertiary/aromatic N) is 2. The molecule has 1 heterocycles. The van der Waals surface area contributed by atoms with Gasteiger partial charge >= 0.3 is 0 Å². The molecule has 0 bridgehead atoms. The predicted octanol–water partition coefficient (Wildman–Crippen LogP) is 3.37. The Labute approximate surface area is 129 Å². The molecule has 22 heavy (non-hydrogen) atoms. The van der Waals surface area contributed by atoms with E-state index in [9.17, 15) is 26.7 Å². The third kappa shape index (κ3) is 3.26. The number of anilines is 1. The minimum atomic E-state index is -2.28. The van der Waals surface area contributed by atoms with Crippen molar-refractivity contribution < 1.29 is 26.7 Å². The first-order chi connectivity index (χ1) is 10.3. The maximum absolute atomic E-state index is 13.4. The number of halogens is 6. The molecule has 0 aliphatic carbocycles. The fraction of sp³-hybridized carbons (Fsp3) is 0.167. The molecule has 2 aromatic rings. The van der Waals surface area contributed by atoms with Gasteiger partial charge in [-0.2, -0.15) is 5.10 Å². The van der Waals surface area contributed by atoms with E-state index in [4.69, 9.17) is 0 Å². The fourth-order valence-electron chi connectivity index (χ4n) is 1.59. The van der Waals surface area contributed by atoms with Gasteiger partial charge in [0, 0.05) is 19.2 Å². The van der Waals surface area contributed by atoms with E-state index >= 15 is 0 Å². The van der Waals surface area contributed by atoms with Gasteiger partial charge in [-0.3, -0.25) is 9.48 Å². The summed E-state index contributed by atoms with van der Waals surface area (Å²) in [7, 11) is 0. The third-order valence-corrected chi connectivity index (χ3v) is 3.05. The molecule has 0 aliphatic rings. The van der Waals surface area contributed by atoms with Gasteiger partial charge in [-0.05, 0) is 15.9 Å². The molecule has 0 saturated heterocycles. The maximum atomic E-state index is 13.4. The van der Waals surface area contributed by atoms with E-state index in [1.807, 2.05) is 0 Å². The van der Waals surface area contributed by atoms with Crippen LogP contribution in [0.3, 0.4) is 0 Å². The van der Waals surface area contributed by atoms with Crippen molar-refractivity contribution in [3.63, 3.8) is 0 Å². The molecule has 1 amide bonds. The van der Waals surface area contributed by atoms with Crippen molar-refractivity contribution in [1.29, 1.82) is 0 Å². The summed E-state index contributed by atoms with van der Waals surface area (Å²) in [5.41, 5.74) is -1.37. The lowest BCUT2D eigenvalue weighted by Gasteiger charge is -2.09. The molecule has 0 unspecified atom stereocenters. The zero-order valence-corrected chi connectivity index (χ0v) is 12.2. The lowest BCUT2D eigenvalue weighted by Crippen LogP contribution is -2.18. The van der Waals surface area contributed by atoms with Crippen molar-refractivity contribution in [2.24, 2.45) is 0 Å². The van der Waals surface area contributed by atoms with Crippen molar-refractivity contribution in [2.45, 2.75) is 13.0 Å². The van der Waals surface area contributed by atoms with Crippen molar-refractivity contribution in [2.75, 3.05) is 5.32 Å². The molecular weight excluding hydrogens is 377 g/mol. The molecule has 0 aliphatic heterocycles. The second-order valence-corrected chi connectivity index (χ2v) is 5.08. The summed E-state index contributed by atoms with van der Waals surface area (Å²) < 4.78 is 67.6. The van der Waals surface area contributed by atoms with Crippen LogP contribution in [0.15, 0.2) is 16.9 Å². The Morgan fingerprint density at radius 2 is 1.64 bits per heavy atom. The molecule has 0 fully saturated rings. The molecule has 0 saturated carbocycles. The average molecular weight is 384 g/mol. The first-order valence-corrected chi connectivity index (χ1v) is 6.59. The highest BCUT2D eigenvalue weighted by molar-refractivity contribution is 9.10. The monoisotopic (exact) mass is 383 g/mol. The van der Waals surface area contributed by atoms with Crippen molar-refractivity contribution in [3.05, 3.63) is 46.0 Å². The van der Waals surface area contributed by atoms with Crippen LogP contribution in [0.5, 0.6) is 0 Å². The minimum Gasteiger partial charge on any atom is -0.321 e. The molecule has 0 atom stereocenters. The number of hydrogen-bond acceptors (Lipinski definition) is 2. The van der Waals surface area contributed by atoms with Crippen LogP contribution in [0.2, 0.25) is 0 Å². The van der Waals surface area contributed by atoms with E-state index in [0.29, 0.717) is 4.47 Å². The van der Waals surface area contributed by atoms with Gasteiger partial charge in [0.2, 0.25) is 11.7 Å². The Morgan fingerprint density at radius 3 is 2.14 bits per heavy atom. The fourth-order valence-corrected chi connectivity index (χ4v) is 1.92. The highest BCUT2D eigenvalue weighted by Gasteiger charge is 2.26. The number of hydrogen-bond donors (Lipinski definition) is 1. The van der Waals surface area contributed by atoms with Crippen LogP contribution >= 0.6 is 15.9 Å². The molecule has 118 valence electrons. The number of aromatic nitrogens is 2. The molecule has 0 radical (unpaired) electrons. The number of nitrogens with one attached hydrogen (secondary N) is 1. The number of benzene rings is 1. The number of rotatable bonds is 4. The number of carbonyl (C=O) groups excluding carboxylic acids is 1. The Hall–Kier alpha value is -1.97. The van der Waals surface area contributed by atoms with Crippen LogP contribution in [0.1, 0.15) is 6.42 Å². The lowest BCUT2D eigenvalue weighted by atomic mass is 10.2. The van der Waals surface area contributed by atoms with E-state index in [2.05, 4.69) is 21.0 Å². The largest absolute Gasteiger partial charge is 0.321 e. The summed E-state index contributed by atoms with van der Waals surface area (Å²) in [6.07, 6.45) is 2.74.